The number of nitrogens with one attached hydrogen (secondary N) is 1. The molecule has 0 aromatic carbocycles. The highest BCUT2D eigenvalue weighted by atomic mass is 14.8. The lowest BCUT2D eigenvalue weighted by Crippen LogP contribution is -2.21. The molecule has 0 aliphatic heterocycles. The van der Waals surface area contributed by atoms with Crippen molar-refractivity contribution < 1.29 is 0 Å². The Kier molecular flexibility index (Phi) is 10.9. The van der Waals surface area contributed by atoms with Crippen LogP contribution in [0.1, 0.15) is 52.9 Å². The molecule has 0 aliphatic rings. The molecule has 0 saturated heterocycles. The largest absolute Gasteiger partial charge is 0.330 e. The standard InChI is InChI=1S/C14H33N3/c1-12(7-10-17-9-4-8-15)5-6-13(2)11-14(3)16/h12-14,17H,4-11,15-16H2,1-3H3. The van der Waals surface area contributed by atoms with Gasteiger partial charge in [0.1, 0.15) is 0 Å². The van der Waals surface area contributed by atoms with E-state index in [2.05, 4.69) is 26.1 Å². The quantitative estimate of drug-likeness (QED) is 0.487. The summed E-state index contributed by atoms with van der Waals surface area (Å²) in [5.74, 6) is 1.58. The van der Waals surface area contributed by atoms with Gasteiger partial charge in [0.15, 0.2) is 0 Å². The normalized spacial score (nSPS) is 16.8. The lowest BCUT2D eigenvalue weighted by molar-refractivity contribution is 0.378. The van der Waals surface area contributed by atoms with Gasteiger partial charge in [-0.1, -0.05) is 26.7 Å². The Labute approximate surface area is 108 Å². The van der Waals surface area contributed by atoms with Crippen LogP contribution in [0.3, 0.4) is 0 Å². The van der Waals surface area contributed by atoms with Gasteiger partial charge < -0.3 is 16.8 Å². The molecule has 0 aromatic heterocycles. The van der Waals surface area contributed by atoms with Crippen molar-refractivity contribution in [3.8, 4) is 0 Å². The fourth-order valence-corrected chi connectivity index (χ4v) is 2.17. The molecule has 3 atom stereocenters. The number of rotatable bonds is 11. The summed E-state index contributed by atoms with van der Waals surface area (Å²) in [4.78, 5) is 0. The first-order valence-electron chi connectivity index (χ1n) is 7.22. The van der Waals surface area contributed by atoms with Crippen LogP contribution in [-0.2, 0) is 0 Å². The van der Waals surface area contributed by atoms with Crippen molar-refractivity contribution in [2.24, 2.45) is 23.3 Å². The maximum atomic E-state index is 5.81. The van der Waals surface area contributed by atoms with Gasteiger partial charge in [0, 0.05) is 6.04 Å². The molecule has 0 fully saturated rings. The molecule has 17 heavy (non-hydrogen) atoms. The van der Waals surface area contributed by atoms with Gasteiger partial charge >= 0.3 is 0 Å². The lowest BCUT2D eigenvalue weighted by atomic mass is 9.92. The van der Waals surface area contributed by atoms with E-state index in [9.17, 15) is 0 Å². The van der Waals surface area contributed by atoms with Gasteiger partial charge in [0.05, 0.1) is 0 Å². The van der Waals surface area contributed by atoms with Crippen LogP contribution in [0.4, 0.5) is 0 Å². The molecule has 3 heteroatoms. The van der Waals surface area contributed by atoms with Crippen molar-refractivity contribution in [1.29, 1.82) is 0 Å². The zero-order valence-corrected chi connectivity index (χ0v) is 12.0. The van der Waals surface area contributed by atoms with Crippen molar-refractivity contribution in [1.82, 2.24) is 5.32 Å². The highest BCUT2D eigenvalue weighted by Gasteiger charge is 2.08. The van der Waals surface area contributed by atoms with Crippen molar-refractivity contribution >= 4 is 0 Å². The van der Waals surface area contributed by atoms with Crippen molar-refractivity contribution in [2.75, 3.05) is 19.6 Å². The third kappa shape index (κ3) is 12.1. The van der Waals surface area contributed by atoms with E-state index in [0.29, 0.717) is 6.04 Å². The number of nitrogens with two attached hydrogens (primary N) is 2. The summed E-state index contributed by atoms with van der Waals surface area (Å²) in [5.41, 5.74) is 11.2. The van der Waals surface area contributed by atoms with Crippen LogP contribution in [0.2, 0.25) is 0 Å². The predicted molar refractivity (Wildman–Crippen MR) is 77.0 cm³/mol. The Bertz CT molecular complexity index is 160. The zero-order chi connectivity index (χ0) is 13.1. The second-order valence-electron chi connectivity index (χ2n) is 5.68. The molecule has 0 radical (unpaired) electrons. The third-order valence-corrected chi connectivity index (χ3v) is 3.30. The van der Waals surface area contributed by atoms with Crippen molar-refractivity contribution in [2.45, 2.75) is 58.9 Å². The van der Waals surface area contributed by atoms with E-state index in [1.165, 1.54) is 19.3 Å². The summed E-state index contributed by atoms with van der Waals surface area (Å²) in [6.45, 7) is 9.74. The van der Waals surface area contributed by atoms with Crippen LogP contribution in [0.25, 0.3) is 0 Å². The van der Waals surface area contributed by atoms with E-state index in [1.807, 2.05) is 0 Å². The van der Waals surface area contributed by atoms with Gasteiger partial charge in [-0.15, -0.1) is 0 Å². The summed E-state index contributed by atoms with van der Waals surface area (Å²) >= 11 is 0. The van der Waals surface area contributed by atoms with E-state index in [-0.39, 0.29) is 0 Å². The Morgan fingerprint density at radius 2 is 1.59 bits per heavy atom. The summed E-state index contributed by atoms with van der Waals surface area (Å²) in [5, 5.41) is 3.44. The topological polar surface area (TPSA) is 64.1 Å². The minimum Gasteiger partial charge on any atom is -0.330 e. The first-order valence-corrected chi connectivity index (χ1v) is 7.22. The summed E-state index contributed by atoms with van der Waals surface area (Å²) in [6.07, 6.45) is 6.15. The fraction of sp³-hybridized carbons (Fsp3) is 1.00. The lowest BCUT2D eigenvalue weighted by Gasteiger charge is -2.17. The van der Waals surface area contributed by atoms with Gasteiger partial charge in [0.2, 0.25) is 0 Å². The second kappa shape index (κ2) is 11.0. The Morgan fingerprint density at radius 1 is 0.941 bits per heavy atom. The fourth-order valence-electron chi connectivity index (χ4n) is 2.17. The molecular formula is C14H33N3. The molecule has 5 N–H and O–H groups in total. The van der Waals surface area contributed by atoms with Crippen LogP contribution in [0, 0.1) is 11.8 Å². The van der Waals surface area contributed by atoms with Gasteiger partial charge in [-0.05, 0) is 57.7 Å². The van der Waals surface area contributed by atoms with Gasteiger partial charge in [0.25, 0.3) is 0 Å². The van der Waals surface area contributed by atoms with Crippen molar-refractivity contribution in [3.63, 3.8) is 0 Å². The smallest absolute Gasteiger partial charge is 0.00130 e. The first-order chi connectivity index (χ1) is 8.06. The van der Waals surface area contributed by atoms with Crippen LogP contribution in [0.15, 0.2) is 0 Å². The van der Waals surface area contributed by atoms with Gasteiger partial charge in [-0.3, -0.25) is 0 Å². The van der Waals surface area contributed by atoms with Crippen LogP contribution < -0.4 is 16.8 Å². The summed E-state index contributed by atoms with van der Waals surface area (Å²) < 4.78 is 0. The molecule has 0 amide bonds. The predicted octanol–water partition coefficient (Wildman–Crippen LogP) is 2.10. The minimum absolute atomic E-state index is 0.346. The first kappa shape index (κ1) is 16.9. The highest BCUT2D eigenvalue weighted by molar-refractivity contribution is 4.64. The van der Waals surface area contributed by atoms with Crippen LogP contribution in [0.5, 0.6) is 0 Å². The zero-order valence-electron chi connectivity index (χ0n) is 12.0. The van der Waals surface area contributed by atoms with Crippen LogP contribution >= 0.6 is 0 Å². The Hall–Kier alpha value is -0.120. The number of hydrogen-bond acceptors (Lipinski definition) is 3. The molecule has 0 spiro atoms. The average molecular weight is 243 g/mol. The molecular weight excluding hydrogens is 210 g/mol. The molecule has 0 saturated carbocycles. The monoisotopic (exact) mass is 243 g/mol. The van der Waals surface area contributed by atoms with E-state index in [0.717, 1.165) is 44.3 Å². The second-order valence-corrected chi connectivity index (χ2v) is 5.68. The van der Waals surface area contributed by atoms with Gasteiger partial charge in [-0.25, -0.2) is 0 Å². The van der Waals surface area contributed by atoms with E-state index in [1.54, 1.807) is 0 Å². The maximum absolute atomic E-state index is 5.81. The van der Waals surface area contributed by atoms with Crippen LogP contribution in [-0.4, -0.2) is 25.7 Å². The Balaban J connectivity index is 3.36. The Morgan fingerprint density at radius 3 is 2.18 bits per heavy atom. The number of hydrogen-bond donors (Lipinski definition) is 3. The highest BCUT2D eigenvalue weighted by Crippen LogP contribution is 2.17. The molecule has 0 heterocycles. The molecule has 3 unspecified atom stereocenters. The molecule has 0 aliphatic carbocycles. The van der Waals surface area contributed by atoms with E-state index < -0.39 is 0 Å². The van der Waals surface area contributed by atoms with Gasteiger partial charge in [-0.2, -0.15) is 0 Å². The minimum atomic E-state index is 0.346. The van der Waals surface area contributed by atoms with Crippen molar-refractivity contribution in [3.05, 3.63) is 0 Å². The van der Waals surface area contributed by atoms with E-state index in [4.69, 9.17) is 11.5 Å². The maximum Gasteiger partial charge on any atom is 0.00130 e. The summed E-state index contributed by atoms with van der Waals surface area (Å²) in [7, 11) is 0. The summed E-state index contributed by atoms with van der Waals surface area (Å²) in [6, 6.07) is 0.346. The molecule has 104 valence electrons. The molecule has 0 bridgehead atoms. The third-order valence-electron chi connectivity index (χ3n) is 3.30. The molecule has 0 aromatic rings. The molecule has 3 nitrogen and oxygen atoms in total. The van der Waals surface area contributed by atoms with E-state index >= 15 is 0 Å². The average Bonchev–Trinajstić information content (AvgIpc) is 2.25. The molecule has 0 rings (SSSR count). The SMILES string of the molecule is CC(N)CC(C)CCC(C)CCNCCCN.